The Morgan fingerprint density at radius 2 is 1.88 bits per heavy atom. The van der Waals surface area contributed by atoms with Crippen molar-refractivity contribution in [3.05, 3.63) is 52.3 Å². The summed E-state index contributed by atoms with van der Waals surface area (Å²) in [5, 5.41) is 3.35. The number of carbonyl (C=O) groups is 1. The fourth-order valence-corrected chi connectivity index (χ4v) is 3.43. The van der Waals surface area contributed by atoms with Crippen LogP contribution >= 0.6 is 15.9 Å². The van der Waals surface area contributed by atoms with Crippen molar-refractivity contribution >= 4 is 33.2 Å². The molecule has 4 nitrogen and oxygen atoms in total. The van der Waals surface area contributed by atoms with Gasteiger partial charge in [0.25, 0.3) is 5.91 Å². The van der Waals surface area contributed by atoms with E-state index in [9.17, 15) is 4.79 Å². The molecule has 0 radical (unpaired) electrons. The third-order valence-corrected chi connectivity index (χ3v) is 4.84. The van der Waals surface area contributed by atoms with Crippen LogP contribution in [0.1, 0.15) is 41.7 Å². The monoisotopic (exact) mass is 387 g/mol. The molecular formula is C19H22BrN3O. The average Bonchev–Trinajstić information content (AvgIpc) is 2.87. The maximum absolute atomic E-state index is 12.6. The van der Waals surface area contributed by atoms with Crippen LogP contribution in [0.15, 0.2) is 41.0 Å². The summed E-state index contributed by atoms with van der Waals surface area (Å²) in [6.07, 6.45) is 6.34. The van der Waals surface area contributed by atoms with Gasteiger partial charge in [-0.1, -0.05) is 28.8 Å². The SMILES string of the molecule is Cc1cc(Br)ccc1Nc1ccc(C(=O)N2CCCCCC2)nc1. The molecule has 1 aliphatic rings. The Hall–Kier alpha value is -1.88. The number of anilines is 2. The lowest BCUT2D eigenvalue weighted by molar-refractivity contribution is 0.0756. The van der Waals surface area contributed by atoms with Gasteiger partial charge in [-0.15, -0.1) is 0 Å². The van der Waals surface area contributed by atoms with Crippen LogP contribution in [0.4, 0.5) is 11.4 Å². The Kier molecular flexibility index (Phi) is 5.51. The van der Waals surface area contributed by atoms with Crippen molar-refractivity contribution in [2.45, 2.75) is 32.6 Å². The zero-order valence-corrected chi connectivity index (χ0v) is 15.5. The third kappa shape index (κ3) is 4.15. The van der Waals surface area contributed by atoms with E-state index >= 15 is 0 Å². The van der Waals surface area contributed by atoms with E-state index in [1.54, 1.807) is 6.20 Å². The molecule has 2 heterocycles. The van der Waals surface area contributed by atoms with Crippen molar-refractivity contribution in [3.8, 4) is 0 Å². The van der Waals surface area contributed by atoms with Gasteiger partial charge in [0.1, 0.15) is 5.69 Å². The van der Waals surface area contributed by atoms with Crippen LogP contribution in [0.3, 0.4) is 0 Å². The van der Waals surface area contributed by atoms with Gasteiger partial charge in [-0.25, -0.2) is 4.98 Å². The maximum atomic E-state index is 12.6. The van der Waals surface area contributed by atoms with Crippen molar-refractivity contribution in [1.29, 1.82) is 0 Å². The molecule has 126 valence electrons. The Labute approximate surface area is 151 Å². The van der Waals surface area contributed by atoms with E-state index in [4.69, 9.17) is 0 Å². The summed E-state index contributed by atoms with van der Waals surface area (Å²) < 4.78 is 1.06. The quantitative estimate of drug-likeness (QED) is 0.813. The van der Waals surface area contributed by atoms with E-state index in [0.29, 0.717) is 5.69 Å². The highest BCUT2D eigenvalue weighted by molar-refractivity contribution is 9.10. The van der Waals surface area contributed by atoms with Crippen LogP contribution in [-0.4, -0.2) is 28.9 Å². The van der Waals surface area contributed by atoms with Gasteiger partial charge in [-0.05, 0) is 55.7 Å². The predicted molar refractivity (Wildman–Crippen MR) is 101 cm³/mol. The molecule has 0 saturated carbocycles. The number of aryl methyl sites for hydroxylation is 1. The second kappa shape index (κ2) is 7.79. The number of benzene rings is 1. The number of halogens is 1. The molecule has 1 amide bonds. The van der Waals surface area contributed by atoms with E-state index in [-0.39, 0.29) is 5.91 Å². The van der Waals surface area contributed by atoms with E-state index < -0.39 is 0 Å². The number of rotatable bonds is 3. The van der Waals surface area contributed by atoms with Crippen LogP contribution in [0.25, 0.3) is 0 Å². The fourth-order valence-electron chi connectivity index (χ4n) is 2.95. The van der Waals surface area contributed by atoms with Gasteiger partial charge in [-0.3, -0.25) is 4.79 Å². The van der Waals surface area contributed by atoms with Crippen LogP contribution in [0.5, 0.6) is 0 Å². The average molecular weight is 388 g/mol. The van der Waals surface area contributed by atoms with Crippen LogP contribution in [0, 0.1) is 6.92 Å². The largest absolute Gasteiger partial charge is 0.354 e. The first kappa shape index (κ1) is 17.0. The Balaban J connectivity index is 1.69. The molecule has 24 heavy (non-hydrogen) atoms. The first-order chi connectivity index (χ1) is 11.6. The molecule has 0 spiro atoms. The minimum Gasteiger partial charge on any atom is -0.354 e. The van der Waals surface area contributed by atoms with Crippen LogP contribution in [-0.2, 0) is 0 Å². The van der Waals surface area contributed by atoms with E-state index in [1.807, 2.05) is 29.2 Å². The third-order valence-electron chi connectivity index (χ3n) is 4.34. The molecule has 3 rings (SSSR count). The molecule has 1 aromatic heterocycles. The number of pyridine rings is 1. The zero-order valence-electron chi connectivity index (χ0n) is 13.9. The standard InChI is InChI=1S/C19H22BrN3O/c1-14-12-15(20)6-8-17(14)22-16-7-9-18(21-13-16)19(24)23-10-4-2-3-5-11-23/h6-9,12-13,22H,2-5,10-11H2,1H3. The number of carbonyl (C=O) groups excluding carboxylic acids is 1. The lowest BCUT2D eigenvalue weighted by Crippen LogP contribution is -2.32. The molecule has 5 heteroatoms. The van der Waals surface area contributed by atoms with Crippen LogP contribution in [0.2, 0.25) is 0 Å². The highest BCUT2D eigenvalue weighted by Gasteiger charge is 2.18. The van der Waals surface area contributed by atoms with Crippen molar-refractivity contribution in [2.24, 2.45) is 0 Å². The van der Waals surface area contributed by atoms with Crippen molar-refractivity contribution in [3.63, 3.8) is 0 Å². The highest BCUT2D eigenvalue weighted by atomic mass is 79.9. The molecule has 0 aliphatic carbocycles. The minimum absolute atomic E-state index is 0.0447. The second-order valence-corrected chi connectivity index (χ2v) is 7.14. The number of aromatic nitrogens is 1. The van der Waals surface area contributed by atoms with Gasteiger partial charge in [0.05, 0.1) is 11.9 Å². The number of likely N-dealkylation sites (tertiary alicyclic amines) is 1. The van der Waals surface area contributed by atoms with Crippen molar-refractivity contribution < 1.29 is 4.79 Å². The molecule has 1 fully saturated rings. The van der Waals surface area contributed by atoms with Gasteiger partial charge in [0, 0.05) is 23.2 Å². The molecule has 0 bridgehead atoms. The number of nitrogens with zero attached hydrogens (tertiary/aromatic N) is 2. The Morgan fingerprint density at radius 3 is 2.50 bits per heavy atom. The zero-order chi connectivity index (χ0) is 16.9. The van der Waals surface area contributed by atoms with Gasteiger partial charge >= 0.3 is 0 Å². The normalized spacial score (nSPS) is 15.0. The summed E-state index contributed by atoms with van der Waals surface area (Å²) >= 11 is 3.47. The van der Waals surface area contributed by atoms with Crippen molar-refractivity contribution in [1.82, 2.24) is 9.88 Å². The number of nitrogens with one attached hydrogen (secondary N) is 1. The molecule has 1 aliphatic heterocycles. The summed E-state index contributed by atoms with van der Waals surface area (Å²) in [6, 6.07) is 9.81. The van der Waals surface area contributed by atoms with Gasteiger partial charge < -0.3 is 10.2 Å². The van der Waals surface area contributed by atoms with E-state index in [2.05, 4.69) is 39.2 Å². The second-order valence-electron chi connectivity index (χ2n) is 6.22. The smallest absolute Gasteiger partial charge is 0.272 e. The van der Waals surface area contributed by atoms with Gasteiger partial charge in [-0.2, -0.15) is 0 Å². The Bertz CT molecular complexity index is 707. The molecule has 0 unspecified atom stereocenters. The summed E-state index contributed by atoms with van der Waals surface area (Å²) in [6.45, 7) is 3.75. The molecule has 1 N–H and O–H groups in total. The molecule has 1 aromatic carbocycles. The van der Waals surface area contributed by atoms with E-state index in [0.717, 1.165) is 47.3 Å². The summed E-state index contributed by atoms with van der Waals surface area (Å²) in [4.78, 5) is 18.8. The number of amides is 1. The molecular weight excluding hydrogens is 366 g/mol. The minimum atomic E-state index is 0.0447. The number of hydrogen-bond donors (Lipinski definition) is 1. The number of hydrogen-bond acceptors (Lipinski definition) is 3. The molecule has 2 aromatic rings. The van der Waals surface area contributed by atoms with Crippen LogP contribution < -0.4 is 5.32 Å². The molecule has 0 atom stereocenters. The lowest BCUT2D eigenvalue weighted by Gasteiger charge is -2.19. The predicted octanol–water partition coefficient (Wildman–Crippen LogP) is 4.91. The Morgan fingerprint density at radius 1 is 1.12 bits per heavy atom. The summed E-state index contributed by atoms with van der Waals surface area (Å²) in [5.74, 6) is 0.0447. The maximum Gasteiger partial charge on any atom is 0.272 e. The van der Waals surface area contributed by atoms with E-state index in [1.165, 1.54) is 12.8 Å². The van der Waals surface area contributed by atoms with Gasteiger partial charge in [0.15, 0.2) is 0 Å². The fraction of sp³-hybridized carbons (Fsp3) is 0.368. The topological polar surface area (TPSA) is 45.2 Å². The van der Waals surface area contributed by atoms with Gasteiger partial charge in [0.2, 0.25) is 0 Å². The summed E-state index contributed by atoms with van der Waals surface area (Å²) in [7, 11) is 0. The summed E-state index contributed by atoms with van der Waals surface area (Å²) in [5.41, 5.74) is 3.59. The first-order valence-corrected chi connectivity index (χ1v) is 9.21. The van der Waals surface area contributed by atoms with Crippen molar-refractivity contribution in [2.75, 3.05) is 18.4 Å². The molecule has 1 saturated heterocycles. The highest BCUT2D eigenvalue weighted by Crippen LogP contribution is 2.23. The first-order valence-electron chi connectivity index (χ1n) is 8.42. The lowest BCUT2D eigenvalue weighted by atomic mass is 10.2.